The number of quaternary nitrogens is 1. The van der Waals surface area contributed by atoms with E-state index in [-0.39, 0.29) is 6.61 Å². The van der Waals surface area contributed by atoms with E-state index in [2.05, 4.69) is 31.9 Å². The molecule has 0 bridgehead atoms. The van der Waals surface area contributed by atoms with Crippen LogP contribution in [0.25, 0.3) is 0 Å². The predicted octanol–water partition coefficient (Wildman–Crippen LogP) is 9.95. The highest BCUT2D eigenvalue weighted by Gasteiger charge is 2.24. The van der Waals surface area contributed by atoms with Crippen molar-refractivity contribution in [2.45, 2.75) is 176 Å². The maximum atomic E-state index is 9.45. The van der Waals surface area contributed by atoms with Crippen LogP contribution < -0.4 is 0 Å². The molecule has 0 aromatic rings. The minimum atomic E-state index is -4.42. The monoisotopic (exact) mass is 563 g/mol. The van der Waals surface area contributed by atoms with Crippen molar-refractivity contribution in [1.29, 1.82) is 0 Å². The Morgan fingerprint density at radius 3 is 0.947 bits per heavy atom. The van der Waals surface area contributed by atoms with Crippen LogP contribution >= 0.6 is 0 Å². The predicted molar refractivity (Wildman–Crippen MR) is 165 cm³/mol. The molecule has 0 N–H and O–H groups in total. The first-order valence-electron chi connectivity index (χ1n) is 16.8. The number of nitrogens with zero attached hydrogens (tertiary/aromatic N) is 1. The van der Waals surface area contributed by atoms with Crippen LogP contribution in [0.3, 0.4) is 0 Å². The van der Waals surface area contributed by atoms with Gasteiger partial charge in [-0.2, -0.15) is 0 Å². The molecule has 0 amide bonds. The summed E-state index contributed by atoms with van der Waals surface area (Å²) < 4.78 is 33.4. The van der Waals surface area contributed by atoms with Crippen LogP contribution in [-0.2, 0) is 14.6 Å². The summed E-state index contributed by atoms with van der Waals surface area (Å²) >= 11 is 0. The van der Waals surface area contributed by atoms with Crippen molar-refractivity contribution < 1.29 is 21.6 Å². The average Bonchev–Trinajstić information content (AvgIpc) is 2.86. The van der Waals surface area contributed by atoms with Crippen LogP contribution in [0.15, 0.2) is 0 Å². The zero-order chi connectivity index (χ0) is 28.8. The summed E-state index contributed by atoms with van der Waals surface area (Å²) in [5.74, 6) is 0. The third kappa shape index (κ3) is 30.4. The van der Waals surface area contributed by atoms with Gasteiger partial charge in [0, 0.05) is 0 Å². The maximum absolute atomic E-state index is 9.45. The molecule has 232 valence electrons. The standard InChI is InChI=1S/C30H64N.C2H6O4S/c1-5-9-11-13-15-17-19-21-23-25-29-31(27-7-3,28-8-4)30-26-24-22-20-18-16-14-12-10-6-2;1-2-6-7(3,4)5/h5-30H2,1-4H3;2H2,1H3,(H,3,4,5)/q+1;/p-1. The molecule has 0 aliphatic rings. The molecule has 0 fully saturated rings. The van der Waals surface area contributed by atoms with E-state index >= 15 is 0 Å². The molecule has 0 unspecified atom stereocenters. The van der Waals surface area contributed by atoms with Gasteiger partial charge in [-0.05, 0) is 45.4 Å². The molecule has 0 aromatic carbocycles. The summed E-state index contributed by atoms with van der Waals surface area (Å²) in [6.07, 6.45) is 31.9. The first-order chi connectivity index (χ1) is 18.3. The second kappa shape index (κ2) is 29.8. The first kappa shape index (κ1) is 40.0. The molecule has 0 aliphatic heterocycles. The topological polar surface area (TPSA) is 66.4 Å². The molecule has 0 aromatic heterocycles. The molecule has 0 heterocycles. The van der Waals surface area contributed by atoms with E-state index in [0.717, 1.165) is 0 Å². The van der Waals surface area contributed by atoms with Gasteiger partial charge in [0.25, 0.3) is 0 Å². The van der Waals surface area contributed by atoms with Crippen LogP contribution in [0.2, 0.25) is 0 Å². The van der Waals surface area contributed by atoms with Crippen LogP contribution in [0.5, 0.6) is 0 Å². The second-order valence-corrected chi connectivity index (χ2v) is 12.5. The van der Waals surface area contributed by atoms with Crippen molar-refractivity contribution >= 4 is 10.4 Å². The second-order valence-electron chi connectivity index (χ2n) is 11.4. The van der Waals surface area contributed by atoms with E-state index in [0.29, 0.717) is 0 Å². The van der Waals surface area contributed by atoms with E-state index in [9.17, 15) is 13.0 Å². The Balaban J connectivity index is 0. The lowest BCUT2D eigenvalue weighted by molar-refractivity contribution is -0.928. The Morgan fingerprint density at radius 2 is 0.737 bits per heavy atom. The number of hydrogen-bond acceptors (Lipinski definition) is 4. The average molecular weight is 564 g/mol. The maximum Gasteiger partial charge on any atom is 0.217 e. The van der Waals surface area contributed by atoms with Gasteiger partial charge in [-0.1, -0.05) is 130 Å². The molecule has 6 heteroatoms. The Kier molecular flexibility index (Phi) is 31.3. The van der Waals surface area contributed by atoms with Crippen molar-refractivity contribution in [2.24, 2.45) is 0 Å². The first-order valence-corrected chi connectivity index (χ1v) is 18.1. The normalized spacial score (nSPS) is 11.9. The Morgan fingerprint density at radius 1 is 0.447 bits per heavy atom. The fourth-order valence-electron chi connectivity index (χ4n) is 5.63. The highest BCUT2D eigenvalue weighted by atomic mass is 32.3. The summed E-state index contributed by atoms with van der Waals surface area (Å²) in [7, 11) is -4.42. The summed E-state index contributed by atoms with van der Waals surface area (Å²) in [5.41, 5.74) is 0. The fourth-order valence-corrected chi connectivity index (χ4v) is 5.92. The summed E-state index contributed by atoms with van der Waals surface area (Å²) in [6, 6.07) is 0. The molecular formula is C32H69NO4S. The van der Waals surface area contributed by atoms with Gasteiger partial charge in [0.1, 0.15) is 0 Å². The molecule has 0 rings (SSSR count). The molecule has 0 radical (unpaired) electrons. The fraction of sp³-hybridized carbons (Fsp3) is 1.00. The van der Waals surface area contributed by atoms with Gasteiger partial charge in [-0.15, -0.1) is 0 Å². The summed E-state index contributed by atoms with van der Waals surface area (Å²) in [6.45, 7) is 16.5. The summed E-state index contributed by atoms with van der Waals surface area (Å²) in [5, 5.41) is 0. The van der Waals surface area contributed by atoms with E-state index in [4.69, 9.17) is 0 Å². The van der Waals surface area contributed by atoms with Crippen molar-refractivity contribution in [3.63, 3.8) is 0 Å². The lowest BCUT2D eigenvalue weighted by Gasteiger charge is -2.39. The number of rotatable bonds is 28. The van der Waals surface area contributed by atoms with Gasteiger partial charge >= 0.3 is 0 Å². The minimum Gasteiger partial charge on any atom is -0.726 e. The zero-order valence-corrected chi connectivity index (χ0v) is 27.4. The van der Waals surface area contributed by atoms with E-state index < -0.39 is 10.4 Å². The van der Waals surface area contributed by atoms with Crippen molar-refractivity contribution in [2.75, 3.05) is 32.8 Å². The molecule has 0 spiro atoms. The third-order valence-electron chi connectivity index (χ3n) is 7.63. The van der Waals surface area contributed by atoms with Crippen LogP contribution in [0.4, 0.5) is 0 Å². The lowest BCUT2D eigenvalue weighted by Crippen LogP contribution is -2.50. The Hall–Kier alpha value is -0.170. The molecule has 38 heavy (non-hydrogen) atoms. The number of hydrogen-bond donors (Lipinski definition) is 0. The molecular weight excluding hydrogens is 494 g/mol. The molecule has 5 nitrogen and oxygen atoms in total. The van der Waals surface area contributed by atoms with Gasteiger partial charge in [-0.25, -0.2) is 8.42 Å². The largest absolute Gasteiger partial charge is 0.726 e. The highest BCUT2D eigenvalue weighted by Crippen LogP contribution is 2.18. The number of unbranched alkanes of at least 4 members (excludes halogenated alkanes) is 18. The highest BCUT2D eigenvalue weighted by molar-refractivity contribution is 7.80. The van der Waals surface area contributed by atoms with Gasteiger partial charge in [-0.3, -0.25) is 4.18 Å². The Labute approximate surface area is 240 Å². The van der Waals surface area contributed by atoms with E-state index in [1.807, 2.05) is 0 Å². The smallest absolute Gasteiger partial charge is 0.217 e. The van der Waals surface area contributed by atoms with Gasteiger partial charge in [0.05, 0.1) is 32.8 Å². The summed E-state index contributed by atoms with van der Waals surface area (Å²) in [4.78, 5) is 0. The van der Waals surface area contributed by atoms with E-state index in [1.54, 1.807) is 0 Å². The quantitative estimate of drug-likeness (QED) is 0.0411. The van der Waals surface area contributed by atoms with Gasteiger partial charge < -0.3 is 9.04 Å². The van der Waals surface area contributed by atoms with Crippen LogP contribution in [-0.4, -0.2) is 50.2 Å². The SMILES string of the molecule is CCCCCCCCCCCC[N+](CCC)(CCC)CCCCCCCCCCCC.CCOS(=O)(=O)[O-]. The van der Waals surface area contributed by atoms with E-state index in [1.165, 1.54) is 179 Å². The van der Waals surface area contributed by atoms with Crippen molar-refractivity contribution in [1.82, 2.24) is 0 Å². The van der Waals surface area contributed by atoms with Crippen LogP contribution in [0, 0.1) is 0 Å². The molecule has 0 atom stereocenters. The lowest BCUT2D eigenvalue weighted by atomic mass is 10.0. The zero-order valence-electron chi connectivity index (χ0n) is 26.6. The van der Waals surface area contributed by atoms with Crippen molar-refractivity contribution in [3.8, 4) is 0 Å². The molecule has 0 saturated heterocycles. The van der Waals surface area contributed by atoms with Gasteiger partial charge in [0.2, 0.25) is 10.4 Å². The minimum absolute atomic E-state index is 0.0914. The molecule has 0 saturated carbocycles. The third-order valence-corrected chi connectivity index (χ3v) is 8.15. The van der Waals surface area contributed by atoms with Crippen LogP contribution in [0.1, 0.15) is 176 Å². The van der Waals surface area contributed by atoms with Crippen molar-refractivity contribution in [3.05, 3.63) is 0 Å². The Bertz CT molecular complexity index is 522. The van der Waals surface area contributed by atoms with Gasteiger partial charge in [0.15, 0.2) is 0 Å². The molecule has 0 aliphatic carbocycles.